The number of nitrogens with one attached hydrogen (secondary N) is 1. The fourth-order valence-corrected chi connectivity index (χ4v) is 6.70. The molecule has 1 aromatic rings. The van der Waals surface area contributed by atoms with Crippen molar-refractivity contribution in [2.24, 2.45) is 0 Å². The molecular weight excluding hydrogens is 411 g/mol. The van der Waals surface area contributed by atoms with Gasteiger partial charge in [0.25, 0.3) is 0 Å². The second-order valence-corrected chi connectivity index (χ2v) is 10.6. The van der Waals surface area contributed by atoms with Crippen LogP contribution in [0.1, 0.15) is 19.3 Å². The number of alkyl halides is 3. The molecule has 1 aromatic carbocycles. The third-order valence-electron chi connectivity index (χ3n) is 4.52. The molecular formula is C15H18F3NO6S2. The number of benzene rings is 1. The number of hydrogen-bond donors (Lipinski definition) is 1. The van der Waals surface area contributed by atoms with Crippen molar-refractivity contribution in [2.75, 3.05) is 18.1 Å². The summed E-state index contributed by atoms with van der Waals surface area (Å²) in [6, 6.07) is 3.50. The van der Waals surface area contributed by atoms with Crippen LogP contribution in [0.25, 0.3) is 0 Å². The molecule has 27 heavy (non-hydrogen) atoms. The Morgan fingerprint density at radius 3 is 2.67 bits per heavy atom. The first-order chi connectivity index (χ1) is 12.4. The Kier molecular flexibility index (Phi) is 5.21. The minimum Gasteiger partial charge on any atom is -0.406 e. The minimum atomic E-state index is -4.93. The van der Waals surface area contributed by atoms with E-state index in [0.717, 1.165) is 24.3 Å². The van der Waals surface area contributed by atoms with E-state index in [-0.39, 0.29) is 29.4 Å². The van der Waals surface area contributed by atoms with Crippen LogP contribution in [0.4, 0.5) is 13.2 Å². The van der Waals surface area contributed by atoms with Crippen LogP contribution in [0.3, 0.4) is 0 Å². The maximum absolute atomic E-state index is 12.5. The van der Waals surface area contributed by atoms with E-state index in [1.165, 1.54) is 0 Å². The van der Waals surface area contributed by atoms with E-state index >= 15 is 0 Å². The van der Waals surface area contributed by atoms with Crippen molar-refractivity contribution >= 4 is 19.9 Å². The van der Waals surface area contributed by atoms with Crippen molar-refractivity contribution in [3.8, 4) is 5.75 Å². The first-order valence-electron chi connectivity index (χ1n) is 8.11. The van der Waals surface area contributed by atoms with Crippen LogP contribution in [-0.2, 0) is 24.6 Å². The van der Waals surface area contributed by atoms with Gasteiger partial charge in [0, 0.05) is 18.7 Å². The molecule has 12 heteroatoms. The van der Waals surface area contributed by atoms with Gasteiger partial charge in [0.2, 0.25) is 10.0 Å². The molecule has 152 valence electrons. The van der Waals surface area contributed by atoms with E-state index in [4.69, 9.17) is 4.74 Å². The van der Waals surface area contributed by atoms with Gasteiger partial charge in [-0.15, -0.1) is 13.2 Å². The van der Waals surface area contributed by atoms with Crippen molar-refractivity contribution < 1.29 is 39.5 Å². The second-order valence-electron chi connectivity index (χ2n) is 6.71. The second kappa shape index (κ2) is 6.90. The summed E-state index contributed by atoms with van der Waals surface area (Å²) in [4.78, 5) is -0.371. The van der Waals surface area contributed by atoms with Crippen LogP contribution in [0, 0.1) is 0 Å². The van der Waals surface area contributed by atoms with E-state index in [0.29, 0.717) is 12.8 Å². The quantitative estimate of drug-likeness (QED) is 0.781. The Morgan fingerprint density at radius 1 is 1.30 bits per heavy atom. The lowest BCUT2D eigenvalue weighted by atomic mass is 9.90. The summed E-state index contributed by atoms with van der Waals surface area (Å²) >= 11 is 0. The first-order valence-corrected chi connectivity index (χ1v) is 11.4. The number of halogens is 3. The molecule has 2 fully saturated rings. The van der Waals surface area contributed by atoms with Crippen molar-refractivity contribution in [1.29, 1.82) is 0 Å². The van der Waals surface area contributed by atoms with Crippen LogP contribution in [0.2, 0.25) is 0 Å². The summed E-state index contributed by atoms with van der Waals surface area (Å²) in [5.41, 5.74) is -0.911. The zero-order chi connectivity index (χ0) is 19.9. The number of ether oxygens (including phenoxy) is 2. The van der Waals surface area contributed by atoms with Gasteiger partial charge in [-0.2, -0.15) is 0 Å². The fourth-order valence-electron chi connectivity index (χ4n) is 3.42. The molecule has 3 rings (SSSR count). The fraction of sp³-hybridized carbons (Fsp3) is 0.600. The normalized spacial score (nSPS) is 28.3. The maximum Gasteiger partial charge on any atom is 0.573 e. The van der Waals surface area contributed by atoms with E-state index < -0.39 is 43.6 Å². The monoisotopic (exact) mass is 429 g/mol. The highest BCUT2D eigenvalue weighted by Crippen LogP contribution is 2.36. The van der Waals surface area contributed by atoms with Crippen LogP contribution in [0.5, 0.6) is 5.75 Å². The molecule has 1 spiro atoms. The number of sulfonamides is 1. The Balaban J connectivity index is 1.74. The van der Waals surface area contributed by atoms with Crippen molar-refractivity contribution in [3.05, 3.63) is 24.3 Å². The molecule has 2 heterocycles. The largest absolute Gasteiger partial charge is 0.573 e. The molecule has 2 atom stereocenters. The van der Waals surface area contributed by atoms with E-state index in [1.54, 1.807) is 0 Å². The van der Waals surface area contributed by atoms with Crippen molar-refractivity contribution in [3.63, 3.8) is 0 Å². The number of sulfone groups is 1. The summed E-state index contributed by atoms with van der Waals surface area (Å²) in [6.07, 6.45) is -4.12. The Hall–Kier alpha value is -1.37. The smallest absolute Gasteiger partial charge is 0.406 e. The van der Waals surface area contributed by atoms with Gasteiger partial charge in [-0.25, -0.2) is 21.6 Å². The lowest BCUT2D eigenvalue weighted by molar-refractivity contribution is -0.274. The molecule has 0 aliphatic carbocycles. The van der Waals surface area contributed by atoms with E-state index in [9.17, 15) is 30.0 Å². The van der Waals surface area contributed by atoms with Gasteiger partial charge >= 0.3 is 6.36 Å². The van der Waals surface area contributed by atoms with E-state index in [2.05, 4.69) is 9.46 Å². The highest BCUT2D eigenvalue weighted by molar-refractivity contribution is 7.91. The molecule has 0 radical (unpaired) electrons. The third-order valence-corrected chi connectivity index (χ3v) is 7.83. The van der Waals surface area contributed by atoms with Crippen molar-refractivity contribution in [1.82, 2.24) is 4.72 Å². The Bertz CT molecular complexity index is 916. The van der Waals surface area contributed by atoms with Gasteiger partial charge in [0.15, 0.2) is 9.84 Å². The molecule has 0 unspecified atom stereocenters. The minimum absolute atomic E-state index is 0.0106. The molecule has 0 amide bonds. The summed E-state index contributed by atoms with van der Waals surface area (Å²) < 4.78 is 97.4. The number of hydrogen-bond acceptors (Lipinski definition) is 6. The molecule has 2 aliphatic rings. The van der Waals surface area contributed by atoms with Gasteiger partial charge < -0.3 is 9.47 Å². The molecule has 2 saturated heterocycles. The zero-order valence-corrected chi connectivity index (χ0v) is 15.7. The van der Waals surface area contributed by atoms with Gasteiger partial charge in [-0.1, -0.05) is 6.07 Å². The molecule has 0 saturated carbocycles. The van der Waals surface area contributed by atoms with Gasteiger partial charge in [-0.05, 0) is 31.4 Å². The SMILES string of the molecule is O=S1(=O)CC[C@@]2(C[C@H](NS(=O)(=O)c3cccc(OC(F)(F)F)c3)CCO2)C1. The van der Waals surface area contributed by atoms with Crippen LogP contribution >= 0.6 is 0 Å². The standard InChI is InChI=1S/C15H18F3NO6S2/c16-15(17,18)25-12-2-1-3-13(8-12)27(22,23)19-11-4-6-24-14(9-11)5-7-26(20,21)10-14/h1-3,8,11,19H,4-7,9-10H2/t11-,14-/m1/s1. The van der Waals surface area contributed by atoms with Gasteiger partial charge in [-0.3, -0.25) is 0 Å². The third kappa shape index (κ3) is 5.12. The number of rotatable bonds is 4. The van der Waals surface area contributed by atoms with Crippen molar-refractivity contribution in [2.45, 2.75) is 42.2 Å². The predicted molar refractivity (Wildman–Crippen MR) is 88.4 cm³/mol. The molecule has 2 aliphatic heterocycles. The van der Waals surface area contributed by atoms with Crippen LogP contribution in [0.15, 0.2) is 29.2 Å². The van der Waals surface area contributed by atoms with E-state index in [1.807, 2.05) is 0 Å². The summed E-state index contributed by atoms with van der Waals surface area (Å²) in [5, 5.41) is 0. The highest BCUT2D eigenvalue weighted by Gasteiger charge is 2.47. The average Bonchev–Trinajstić information content (AvgIpc) is 2.80. The lowest BCUT2D eigenvalue weighted by Gasteiger charge is -2.37. The topological polar surface area (TPSA) is 98.8 Å². The first kappa shape index (κ1) is 20.4. The lowest BCUT2D eigenvalue weighted by Crippen LogP contribution is -2.49. The van der Waals surface area contributed by atoms with Gasteiger partial charge in [0.05, 0.1) is 22.0 Å². The summed E-state index contributed by atoms with van der Waals surface area (Å²) in [6.45, 7) is 0.194. The average molecular weight is 429 g/mol. The predicted octanol–water partition coefficient (Wildman–Crippen LogP) is 1.60. The van der Waals surface area contributed by atoms with Gasteiger partial charge in [0.1, 0.15) is 5.75 Å². The molecule has 0 aromatic heterocycles. The zero-order valence-electron chi connectivity index (χ0n) is 14.0. The Morgan fingerprint density at radius 2 is 2.04 bits per heavy atom. The van der Waals surface area contributed by atoms with Crippen LogP contribution < -0.4 is 9.46 Å². The molecule has 0 bridgehead atoms. The Labute approximate surface area is 154 Å². The summed E-state index contributed by atoms with van der Waals surface area (Å²) in [7, 11) is -7.34. The highest BCUT2D eigenvalue weighted by atomic mass is 32.2. The molecule has 1 N–H and O–H groups in total. The maximum atomic E-state index is 12.5. The van der Waals surface area contributed by atoms with Crippen LogP contribution in [-0.4, -0.2) is 53.0 Å². The summed E-state index contributed by atoms with van der Waals surface area (Å²) in [5.74, 6) is -0.813. The molecule has 7 nitrogen and oxygen atoms in total.